The van der Waals surface area contributed by atoms with E-state index in [4.69, 9.17) is 4.74 Å². The summed E-state index contributed by atoms with van der Waals surface area (Å²) in [7, 11) is 0. The normalized spacial score (nSPS) is 25.8. The third-order valence-electron chi connectivity index (χ3n) is 7.01. The molecule has 33 heavy (non-hydrogen) atoms. The molecular weight excluding hydrogens is 420 g/mol. The quantitative estimate of drug-likeness (QED) is 0.560. The van der Waals surface area contributed by atoms with Gasteiger partial charge in [0.2, 0.25) is 11.6 Å². The fourth-order valence-electron chi connectivity index (χ4n) is 5.31. The van der Waals surface area contributed by atoms with Crippen molar-refractivity contribution in [1.29, 1.82) is 0 Å². The summed E-state index contributed by atoms with van der Waals surface area (Å²) < 4.78 is 5.98. The van der Waals surface area contributed by atoms with Gasteiger partial charge in [0.15, 0.2) is 0 Å². The van der Waals surface area contributed by atoms with Crippen LogP contribution in [0.3, 0.4) is 0 Å². The number of hydrogen-bond acceptors (Lipinski definition) is 6. The number of fused-ring (bicyclic) bond motifs is 3. The van der Waals surface area contributed by atoms with E-state index >= 15 is 0 Å². The van der Waals surface area contributed by atoms with Gasteiger partial charge in [0.1, 0.15) is 6.04 Å². The first-order valence-electron chi connectivity index (χ1n) is 11.8. The molecule has 1 saturated heterocycles. The number of ether oxygens (including phenoxy) is 1. The van der Waals surface area contributed by atoms with Crippen LogP contribution in [0.4, 0.5) is 11.4 Å². The van der Waals surface area contributed by atoms with Gasteiger partial charge in [-0.2, -0.15) is 0 Å². The van der Waals surface area contributed by atoms with Crippen molar-refractivity contribution < 1.29 is 19.1 Å². The van der Waals surface area contributed by atoms with Crippen LogP contribution < -0.4 is 10.2 Å². The molecular formula is C25H30N4O4. The van der Waals surface area contributed by atoms with Crippen molar-refractivity contribution in [2.24, 2.45) is 5.92 Å². The van der Waals surface area contributed by atoms with E-state index in [1.165, 1.54) is 0 Å². The second-order valence-corrected chi connectivity index (χ2v) is 9.08. The van der Waals surface area contributed by atoms with Crippen LogP contribution in [0.2, 0.25) is 0 Å². The van der Waals surface area contributed by atoms with E-state index in [1.807, 2.05) is 36.4 Å². The minimum absolute atomic E-state index is 0.0433. The zero-order valence-corrected chi connectivity index (χ0v) is 18.7. The molecule has 4 aliphatic rings. The van der Waals surface area contributed by atoms with E-state index in [0.29, 0.717) is 42.7 Å². The van der Waals surface area contributed by atoms with E-state index in [0.717, 1.165) is 49.3 Å². The SMILES string of the molecule is O=C(CN1CCOCC1)Nc1ccc(N2CCC(=O)[N+]([O-])=C3C4=CC=CCC4CCC32)cc1. The lowest BCUT2D eigenvalue weighted by atomic mass is 9.75. The number of benzene rings is 1. The van der Waals surface area contributed by atoms with Crippen LogP contribution in [-0.4, -0.2) is 72.6 Å². The molecule has 1 aromatic carbocycles. The molecule has 2 unspecified atom stereocenters. The fraction of sp³-hybridized carbons (Fsp3) is 0.480. The van der Waals surface area contributed by atoms with Crippen LogP contribution in [0.1, 0.15) is 25.7 Å². The van der Waals surface area contributed by atoms with Crippen molar-refractivity contribution >= 4 is 28.9 Å². The Morgan fingerprint density at radius 2 is 1.94 bits per heavy atom. The molecule has 2 aliphatic carbocycles. The second-order valence-electron chi connectivity index (χ2n) is 9.08. The maximum absolute atomic E-state index is 12.9. The molecule has 2 amide bonds. The second kappa shape index (κ2) is 9.49. The summed E-state index contributed by atoms with van der Waals surface area (Å²) >= 11 is 0. The molecule has 2 atom stereocenters. The molecule has 174 valence electrons. The molecule has 0 aromatic heterocycles. The first-order chi connectivity index (χ1) is 16.1. The van der Waals surface area contributed by atoms with Crippen molar-refractivity contribution in [3.05, 3.63) is 53.3 Å². The summed E-state index contributed by atoms with van der Waals surface area (Å²) in [4.78, 5) is 29.2. The van der Waals surface area contributed by atoms with Gasteiger partial charge >= 0.3 is 5.91 Å². The highest BCUT2D eigenvalue weighted by Gasteiger charge is 2.43. The summed E-state index contributed by atoms with van der Waals surface area (Å²) in [6, 6.07) is 7.59. The maximum atomic E-state index is 12.9. The van der Waals surface area contributed by atoms with Gasteiger partial charge < -0.3 is 20.2 Å². The minimum Gasteiger partial charge on any atom is -0.616 e. The lowest BCUT2D eigenvalue weighted by Gasteiger charge is -2.37. The van der Waals surface area contributed by atoms with Gasteiger partial charge in [-0.25, -0.2) is 4.79 Å². The fourth-order valence-corrected chi connectivity index (χ4v) is 5.31. The molecule has 0 spiro atoms. The summed E-state index contributed by atoms with van der Waals surface area (Å²) in [6.07, 6.45) is 9.08. The smallest absolute Gasteiger partial charge is 0.400 e. The molecule has 2 fully saturated rings. The van der Waals surface area contributed by atoms with Crippen LogP contribution >= 0.6 is 0 Å². The third kappa shape index (κ3) is 4.58. The first kappa shape index (κ1) is 21.9. The van der Waals surface area contributed by atoms with Gasteiger partial charge in [0.25, 0.3) is 0 Å². The van der Waals surface area contributed by atoms with E-state index < -0.39 is 0 Å². The maximum Gasteiger partial charge on any atom is 0.400 e. The summed E-state index contributed by atoms with van der Waals surface area (Å²) in [5, 5.41) is 15.9. The van der Waals surface area contributed by atoms with Crippen LogP contribution in [0.25, 0.3) is 0 Å². The van der Waals surface area contributed by atoms with Gasteiger partial charge in [-0.15, -0.1) is 4.74 Å². The minimum atomic E-state index is -0.374. The Morgan fingerprint density at radius 3 is 2.73 bits per heavy atom. The zero-order chi connectivity index (χ0) is 22.8. The number of nitrogens with one attached hydrogen (secondary N) is 1. The number of nitrogens with zero attached hydrogens (tertiary/aromatic N) is 3. The Morgan fingerprint density at radius 1 is 1.15 bits per heavy atom. The molecule has 2 heterocycles. The van der Waals surface area contributed by atoms with E-state index in [2.05, 4.69) is 21.2 Å². The number of carbonyl (C=O) groups is 2. The Labute approximate surface area is 193 Å². The predicted octanol–water partition coefficient (Wildman–Crippen LogP) is 2.31. The zero-order valence-electron chi connectivity index (χ0n) is 18.7. The number of rotatable bonds is 4. The van der Waals surface area contributed by atoms with Crippen LogP contribution in [0.5, 0.6) is 0 Å². The number of hydrogen-bond donors (Lipinski definition) is 1. The first-order valence-corrected chi connectivity index (χ1v) is 11.8. The monoisotopic (exact) mass is 450 g/mol. The topological polar surface area (TPSA) is 88.0 Å². The number of hydroxylamine groups is 1. The predicted molar refractivity (Wildman–Crippen MR) is 126 cm³/mol. The van der Waals surface area contributed by atoms with Gasteiger partial charge in [-0.05, 0) is 49.4 Å². The Bertz CT molecular complexity index is 1010. The lowest BCUT2D eigenvalue weighted by Crippen LogP contribution is -2.47. The Balaban J connectivity index is 1.32. The molecule has 0 bridgehead atoms. The molecule has 1 aromatic rings. The van der Waals surface area contributed by atoms with Crippen molar-refractivity contribution in [3.63, 3.8) is 0 Å². The van der Waals surface area contributed by atoms with Crippen molar-refractivity contribution in [2.75, 3.05) is 49.6 Å². The molecule has 5 rings (SSSR count). The highest BCUT2D eigenvalue weighted by atomic mass is 16.5. The third-order valence-corrected chi connectivity index (χ3v) is 7.01. The van der Waals surface area contributed by atoms with Crippen LogP contribution in [0, 0.1) is 11.1 Å². The molecule has 2 aliphatic heterocycles. The summed E-state index contributed by atoms with van der Waals surface area (Å²) in [5.74, 6) is -0.103. The molecule has 1 saturated carbocycles. The van der Waals surface area contributed by atoms with Crippen molar-refractivity contribution in [3.8, 4) is 0 Å². The lowest BCUT2D eigenvalue weighted by molar-refractivity contribution is -0.383. The Hall–Kier alpha value is -2.97. The molecule has 0 radical (unpaired) electrons. The number of carbonyl (C=O) groups excluding carboxylic acids is 2. The molecule has 8 nitrogen and oxygen atoms in total. The molecule has 8 heteroatoms. The largest absolute Gasteiger partial charge is 0.616 e. The van der Waals surface area contributed by atoms with Crippen LogP contribution in [-0.2, 0) is 14.3 Å². The van der Waals surface area contributed by atoms with Gasteiger partial charge in [0, 0.05) is 36.6 Å². The summed E-state index contributed by atoms with van der Waals surface area (Å²) in [6.45, 7) is 3.71. The number of allylic oxidation sites excluding steroid dienone is 3. The average Bonchev–Trinajstić information content (AvgIpc) is 2.97. The van der Waals surface area contributed by atoms with Crippen LogP contribution in [0.15, 0.2) is 48.1 Å². The van der Waals surface area contributed by atoms with Crippen molar-refractivity contribution in [1.82, 2.24) is 4.90 Å². The highest BCUT2D eigenvalue weighted by Crippen LogP contribution is 2.37. The van der Waals surface area contributed by atoms with Gasteiger partial charge in [0.05, 0.1) is 26.2 Å². The number of amides is 2. The summed E-state index contributed by atoms with van der Waals surface area (Å²) in [5.41, 5.74) is 3.32. The number of anilines is 2. The van der Waals surface area contributed by atoms with E-state index in [1.54, 1.807) is 0 Å². The van der Waals surface area contributed by atoms with E-state index in [9.17, 15) is 14.8 Å². The average molecular weight is 451 g/mol. The highest BCUT2D eigenvalue weighted by molar-refractivity contribution is 6.06. The Kier molecular flexibility index (Phi) is 6.28. The van der Waals surface area contributed by atoms with Gasteiger partial charge in [-0.1, -0.05) is 18.2 Å². The standard InChI is InChI=1S/C25H30N4O4/c30-23(17-27-13-15-33-16-14-27)26-19-6-8-20(9-7-19)28-12-11-24(31)29(32)25-21-4-2-1-3-18(21)5-10-22(25)28/h1-2,4,6-9,18,22H,3,5,10-17H2,(H,26,30). The van der Waals surface area contributed by atoms with Gasteiger partial charge in [-0.3, -0.25) is 9.69 Å². The number of morpholine rings is 1. The van der Waals surface area contributed by atoms with Crippen molar-refractivity contribution in [2.45, 2.75) is 31.7 Å². The molecule has 1 N–H and O–H groups in total. The van der Waals surface area contributed by atoms with E-state index in [-0.39, 0.29) is 24.3 Å².